The fourth-order valence-electron chi connectivity index (χ4n) is 3.66. The molecule has 1 aliphatic carbocycles. The van der Waals surface area contributed by atoms with Crippen molar-refractivity contribution in [2.75, 3.05) is 18.9 Å². The highest BCUT2D eigenvalue weighted by atomic mass is 16.2. The van der Waals surface area contributed by atoms with Crippen molar-refractivity contribution in [2.24, 2.45) is 0 Å². The van der Waals surface area contributed by atoms with Crippen LogP contribution in [-0.4, -0.2) is 34.2 Å². The van der Waals surface area contributed by atoms with Gasteiger partial charge in [0.25, 0.3) is 0 Å². The van der Waals surface area contributed by atoms with Crippen molar-refractivity contribution < 1.29 is 4.79 Å². The molecular formula is C21H30N4O. The number of rotatable bonds is 7. The van der Waals surface area contributed by atoms with Crippen molar-refractivity contribution in [3.63, 3.8) is 0 Å². The van der Waals surface area contributed by atoms with Crippen LogP contribution in [0.3, 0.4) is 0 Å². The minimum absolute atomic E-state index is 0.00560. The Morgan fingerprint density at radius 2 is 1.92 bits per heavy atom. The minimum Gasteiger partial charge on any atom is -0.310 e. The molecule has 1 saturated carbocycles. The van der Waals surface area contributed by atoms with Gasteiger partial charge < -0.3 is 5.32 Å². The third-order valence-corrected chi connectivity index (χ3v) is 5.12. The van der Waals surface area contributed by atoms with Gasteiger partial charge in [0.1, 0.15) is 5.82 Å². The standard InChI is InChI=1S/C21H30N4O/c1-16(2)18-10-8-17(9-11-18)14-24(3)15-21(26)23-20-12-13-22-25(20)19-6-4-5-7-19/h8-13,16,19H,4-7,14-15H2,1-3H3,(H,23,26). The van der Waals surface area contributed by atoms with E-state index in [1.165, 1.54) is 24.0 Å². The average Bonchev–Trinajstić information content (AvgIpc) is 3.26. The summed E-state index contributed by atoms with van der Waals surface area (Å²) in [6, 6.07) is 11.0. The maximum absolute atomic E-state index is 12.4. The van der Waals surface area contributed by atoms with Gasteiger partial charge in [-0.1, -0.05) is 51.0 Å². The van der Waals surface area contributed by atoms with Crippen LogP contribution in [0.25, 0.3) is 0 Å². The quantitative estimate of drug-likeness (QED) is 0.811. The van der Waals surface area contributed by atoms with E-state index in [-0.39, 0.29) is 5.91 Å². The van der Waals surface area contributed by atoms with E-state index in [9.17, 15) is 4.79 Å². The molecule has 1 heterocycles. The molecule has 0 bridgehead atoms. The van der Waals surface area contributed by atoms with Crippen LogP contribution in [0.1, 0.15) is 62.6 Å². The largest absolute Gasteiger partial charge is 0.310 e. The molecule has 1 aromatic heterocycles. The molecule has 5 heteroatoms. The lowest BCUT2D eigenvalue weighted by molar-refractivity contribution is -0.117. The Morgan fingerprint density at radius 1 is 1.23 bits per heavy atom. The number of hydrogen-bond acceptors (Lipinski definition) is 3. The number of aromatic nitrogens is 2. The van der Waals surface area contributed by atoms with Crippen molar-refractivity contribution in [1.82, 2.24) is 14.7 Å². The predicted molar refractivity (Wildman–Crippen MR) is 105 cm³/mol. The van der Waals surface area contributed by atoms with Gasteiger partial charge in [0.2, 0.25) is 5.91 Å². The molecule has 1 aromatic carbocycles. The highest BCUT2D eigenvalue weighted by Crippen LogP contribution is 2.31. The molecule has 0 unspecified atom stereocenters. The average molecular weight is 354 g/mol. The van der Waals surface area contributed by atoms with E-state index < -0.39 is 0 Å². The lowest BCUT2D eigenvalue weighted by Crippen LogP contribution is -2.30. The molecule has 2 aromatic rings. The zero-order chi connectivity index (χ0) is 18.5. The molecule has 1 fully saturated rings. The van der Waals surface area contributed by atoms with Gasteiger partial charge >= 0.3 is 0 Å². The number of carbonyl (C=O) groups is 1. The fourth-order valence-corrected chi connectivity index (χ4v) is 3.66. The van der Waals surface area contributed by atoms with Gasteiger partial charge in [-0.05, 0) is 36.9 Å². The van der Waals surface area contributed by atoms with E-state index in [0.717, 1.165) is 25.2 Å². The maximum Gasteiger partial charge on any atom is 0.239 e. The van der Waals surface area contributed by atoms with Gasteiger partial charge in [0.05, 0.1) is 18.8 Å². The lowest BCUT2D eigenvalue weighted by atomic mass is 10.0. The molecule has 1 N–H and O–H groups in total. The van der Waals surface area contributed by atoms with Gasteiger partial charge in [0, 0.05) is 12.6 Å². The Labute approximate surface area is 156 Å². The fraction of sp³-hybridized carbons (Fsp3) is 0.524. The second kappa shape index (κ2) is 8.49. The van der Waals surface area contributed by atoms with E-state index >= 15 is 0 Å². The second-order valence-corrected chi connectivity index (χ2v) is 7.72. The number of nitrogens with zero attached hydrogens (tertiary/aromatic N) is 3. The van der Waals surface area contributed by atoms with Gasteiger partial charge in [0.15, 0.2) is 0 Å². The summed E-state index contributed by atoms with van der Waals surface area (Å²) < 4.78 is 1.98. The SMILES string of the molecule is CC(C)c1ccc(CN(C)CC(=O)Nc2ccnn2C2CCCC2)cc1. The third-order valence-electron chi connectivity index (χ3n) is 5.12. The summed E-state index contributed by atoms with van der Waals surface area (Å²) in [5.74, 6) is 1.36. The first-order valence-electron chi connectivity index (χ1n) is 9.63. The van der Waals surface area contributed by atoms with E-state index in [1.54, 1.807) is 6.20 Å². The van der Waals surface area contributed by atoms with Crippen molar-refractivity contribution in [3.8, 4) is 0 Å². The Kier molecular flexibility index (Phi) is 6.09. The van der Waals surface area contributed by atoms with E-state index in [0.29, 0.717) is 18.5 Å². The summed E-state index contributed by atoms with van der Waals surface area (Å²) in [6.45, 7) is 5.51. The number of likely N-dealkylation sites (N-methyl/N-ethyl adjacent to an activating group) is 1. The number of benzene rings is 1. The second-order valence-electron chi connectivity index (χ2n) is 7.72. The third kappa shape index (κ3) is 4.73. The summed E-state index contributed by atoms with van der Waals surface area (Å²) in [5, 5.41) is 7.44. The minimum atomic E-state index is 0.00560. The summed E-state index contributed by atoms with van der Waals surface area (Å²) >= 11 is 0. The number of nitrogens with one attached hydrogen (secondary N) is 1. The molecule has 5 nitrogen and oxygen atoms in total. The van der Waals surface area contributed by atoms with E-state index in [2.05, 4.69) is 48.5 Å². The molecule has 0 atom stereocenters. The molecule has 140 valence electrons. The van der Waals surface area contributed by atoms with Gasteiger partial charge in [-0.3, -0.25) is 9.69 Å². The predicted octanol–water partition coefficient (Wildman–Crippen LogP) is 4.19. The number of anilines is 1. The number of hydrogen-bond donors (Lipinski definition) is 1. The monoisotopic (exact) mass is 354 g/mol. The van der Waals surface area contributed by atoms with Crippen molar-refractivity contribution in [1.29, 1.82) is 0 Å². The topological polar surface area (TPSA) is 50.2 Å². The Balaban J connectivity index is 1.52. The Bertz CT molecular complexity index is 714. The molecule has 0 saturated heterocycles. The van der Waals surface area contributed by atoms with Gasteiger partial charge in [-0.2, -0.15) is 5.10 Å². The normalized spacial score (nSPS) is 15.1. The molecule has 0 aliphatic heterocycles. The summed E-state index contributed by atoms with van der Waals surface area (Å²) in [5.41, 5.74) is 2.56. The van der Waals surface area contributed by atoms with Gasteiger partial charge in [-0.25, -0.2) is 4.68 Å². The van der Waals surface area contributed by atoms with E-state index in [1.807, 2.05) is 22.7 Å². The van der Waals surface area contributed by atoms with Crippen LogP contribution in [0.5, 0.6) is 0 Å². The summed E-state index contributed by atoms with van der Waals surface area (Å²) in [7, 11) is 1.98. The van der Waals surface area contributed by atoms with Crippen LogP contribution >= 0.6 is 0 Å². The van der Waals surface area contributed by atoms with E-state index in [4.69, 9.17) is 0 Å². The molecule has 3 rings (SSSR count). The zero-order valence-electron chi connectivity index (χ0n) is 16.1. The van der Waals surface area contributed by atoms with Crippen LogP contribution < -0.4 is 5.32 Å². The molecule has 0 radical (unpaired) electrons. The summed E-state index contributed by atoms with van der Waals surface area (Å²) in [6.07, 6.45) is 6.56. The molecular weight excluding hydrogens is 324 g/mol. The van der Waals surface area contributed by atoms with Crippen LogP contribution in [0.15, 0.2) is 36.5 Å². The van der Waals surface area contributed by atoms with Crippen molar-refractivity contribution >= 4 is 11.7 Å². The first-order valence-corrected chi connectivity index (χ1v) is 9.63. The zero-order valence-corrected chi connectivity index (χ0v) is 16.1. The van der Waals surface area contributed by atoms with Crippen LogP contribution in [0.2, 0.25) is 0 Å². The first kappa shape index (κ1) is 18.6. The molecule has 26 heavy (non-hydrogen) atoms. The smallest absolute Gasteiger partial charge is 0.239 e. The maximum atomic E-state index is 12.4. The van der Waals surface area contributed by atoms with Crippen LogP contribution in [0.4, 0.5) is 5.82 Å². The van der Waals surface area contributed by atoms with Gasteiger partial charge in [-0.15, -0.1) is 0 Å². The lowest BCUT2D eigenvalue weighted by Gasteiger charge is -2.18. The Hall–Kier alpha value is -2.14. The molecule has 1 amide bonds. The highest BCUT2D eigenvalue weighted by molar-refractivity contribution is 5.91. The highest BCUT2D eigenvalue weighted by Gasteiger charge is 2.20. The van der Waals surface area contributed by atoms with Crippen LogP contribution in [-0.2, 0) is 11.3 Å². The molecule has 1 aliphatic rings. The molecule has 0 spiro atoms. The Morgan fingerprint density at radius 3 is 2.58 bits per heavy atom. The number of carbonyl (C=O) groups excluding carboxylic acids is 1. The first-order chi connectivity index (χ1) is 12.5. The summed E-state index contributed by atoms with van der Waals surface area (Å²) in [4.78, 5) is 14.5. The number of amides is 1. The van der Waals surface area contributed by atoms with Crippen molar-refractivity contribution in [3.05, 3.63) is 47.7 Å². The van der Waals surface area contributed by atoms with Crippen LogP contribution in [0, 0.1) is 0 Å². The van der Waals surface area contributed by atoms with Crippen molar-refractivity contribution in [2.45, 2.75) is 58.0 Å².